The molecule has 2 heterocycles. The molecule has 0 saturated heterocycles. The molecule has 1 aromatic carbocycles. The maximum Gasteiger partial charge on any atom is 0.363 e. The number of aromatic nitrogens is 2. The van der Waals surface area contributed by atoms with Gasteiger partial charge in [0.15, 0.2) is 5.70 Å². The highest BCUT2D eigenvalue weighted by Gasteiger charge is 2.24. The first kappa shape index (κ1) is 13.3. The number of carbonyl (C=O) groups excluding carboxylic acids is 1. The highest BCUT2D eigenvalue weighted by Crippen LogP contribution is 2.20. The van der Waals surface area contributed by atoms with Crippen molar-refractivity contribution in [1.29, 1.82) is 0 Å². The molecule has 5 nitrogen and oxygen atoms in total. The van der Waals surface area contributed by atoms with E-state index < -0.39 is 5.97 Å². The molecule has 0 spiro atoms. The number of aliphatic imine (C=N–C) groups is 1. The number of benzene rings is 1. The van der Waals surface area contributed by atoms with Crippen molar-refractivity contribution in [3.8, 4) is 0 Å². The van der Waals surface area contributed by atoms with E-state index in [9.17, 15) is 4.79 Å². The van der Waals surface area contributed by atoms with Gasteiger partial charge in [-0.2, -0.15) is 5.10 Å². The van der Waals surface area contributed by atoms with Crippen molar-refractivity contribution in [2.75, 3.05) is 0 Å². The average Bonchev–Trinajstić information content (AvgIpc) is 3.05. The van der Waals surface area contributed by atoms with Crippen LogP contribution in [0, 0.1) is 6.92 Å². The topological polar surface area (TPSA) is 56.5 Å². The Morgan fingerprint density at radius 2 is 2.05 bits per heavy atom. The quantitative estimate of drug-likeness (QED) is 0.641. The molecule has 3 rings (SSSR count). The molecule has 21 heavy (non-hydrogen) atoms. The largest absolute Gasteiger partial charge is 0.402 e. The molecule has 0 atom stereocenters. The van der Waals surface area contributed by atoms with Crippen LogP contribution in [0.15, 0.2) is 47.2 Å². The number of ether oxygens (including phenoxy) is 1. The highest BCUT2D eigenvalue weighted by molar-refractivity contribution is 6.12. The summed E-state index contributed by atoms with van der Waals surface area (Å²) in [6, 6.07) is 9.37. The lowest BCUT2D eigenvalue weighted by molar-refractivity contribution is -0.129. The zero-order valence-corrected chi connectivity index (χ0v) is 11.9. The van der Waals surface area contributed by atoms with Crippen LogP contribution in [0.3, 0.4) is 0 Å². The van der Waals surface area contributed by atoms with E-state index in [4.69, 9.17) is 4.74 Å². The van der Waals surface area contributed by atoms with E-state index in [1.54, 1.807) is 12.3 Å². The van der Waals surface area contributed by atoms with E-state index >= 15 is 0 Å². The first-order valence-corrected chi connectivity index (χ1v) is 6.79. The average molecular weight is 281 g/mol. The number of esters is 1. The number of nitrogens with zero attached hydrogens (tertiary/aromatic N) is 3. The Labute approximate surface area is 122 Å². The first-order chi connectivity index (χ1) is 10.2. The predicted octanol–water partition coefficient (Wildman–Crippen LogP) is 2.56. The molecule has 106 valence electrons. The second-order valence-corrected chi connectivity index (χ2v) is 4.70. The number of aryl methyl sites for hydroxylation is 1. The summed E-state index contributed by atoms with van der Waals surface area (Å²) < 4.78 is 7.09. The molecule has 0 N–H and O–H groups in total. The van der Waals surface area contributed by atoms with Gasteiger partial charge < -0.3 is 4.74 Å². The minimum Gasteiger partial charge on any atom is -0.402 e. The molecule has 0 amide bonds. The van der Waals surface area contributed by atoms with E-state index in [1.165, 1.54) is 0 Å². The Bertz CT molecular complexity index is 742. The van der Waals surface area contributed by atoms with Crippen molar-refractivity contribution in [3.63, 3.8) is 0 Å². The van der Waals surface area contributed by atoms with Crippen LogP contribution in [0.25, 0.3) is 6.08 Å². The summed E-state index contributed by atoms with van der Waals surface area (Å²) in [6.07, 6.45) is 3.45. The molecule has 0 bridgehead atoms. The van der Waals surface area contributed by atoms with Crippen LogP contribution in [-0.2, 0) is 16.1 Å². The molecule has 0 fully saturated rings. The molecule has 0 radical (unpaired) electrons. The fourth-order valence-electron chi connectivity index (χ4n) is 2.18. The summed E-state index contributed by atoms with van der Waals surface area (Å²) in [5, 5.41) is 4.25. The lowest BCUT2D eigenvalue weighted by atomic mass is 10.2. The van der Waals surface area contributed by atoms with E-state index in [0.29, 0.717) is 11.6 Å². The van der Waals surface area contributed by atoms with Gasteiger partial charge in [-0.15, -0.1) is 0 Å². The summed E-state index contributed by atoms with van der Waals surface area (Å²) >= 11 is 0. The molecule has 5 heteroatoms. The maximum absolute atomic E-state index is 11.9. The van der Waals surface area contributed by atoms with Gasteiger partial charge >= 0.3 is 5.97 Å². The number of cyclic esters (lactones) is 1. The molecule has 0 unspecified atom stereocenters. The Kier molecular flexibility index (Phi) is 3.39. The summed E-state index contributed by atoms with van der Waals surface area (Å²) in [5.41, 5.74) is 2.96. The third kappa shape index (κ3) is 2.50. The van der Waals surface area contributed by atoms with Crippen molar-refractivity contribution < 1.29 is 9.53 Å². The molecule has 0 saturated carbocycles. The van der Waals surface area contributed by atoms with Gasteiger partial charge in [-0.05, 0) is 32.1 Å². The fourth-order valence-corrected chi connectivity index (χ4v) is 2.18. The van der Waals surface area contributed by atoms with Crippen LogP contribution in [0.5, 0.6) is 0 Å². The Morgan fingerprint density at radius 3 is 2.71 bits per heavy atom. The molecule has 1 aliphatic rings. The third-order valence-corrected chi connectivity index (χ3v) is 3.37. The smallest absolute Gasteiger partial charge is 0.363 e. The minimum absolute atomic E-state index is 0.299. The Morgan fingerprint density at radius 1 is 1.29 bits per heavy atom. The number of hydrogen-bond acceptors (Lipinski definition) is 4. The summed E-state index contributed by atoms with van der Waals surface area (Å²) in [6.45, 7) is 4.77. The van der Waals surface area contributed by atoms with Crippen molar-refractivity contribution in [2.24, 2.45) is 4.99 Å². The maximum atomic E-state index is 11.9. The van der Waals surface area contributed by atoms with Gasteiger partial charge in [0.05, 0.1) is 6.20 Å². The van der Waals surface area contributed by atoms with Gasteiger partial charge in [0, 0.05) is 23.4 Å². The molecule has 0 aliphatic carbocycles. The zero-order valence-electron chi connectivity index (χ0n) is 11.9. The van der Waals surface area contributed by atoms with Crippen molar-refractivity contribution in [1.82, 2.24) is 9.78 Å². The summed E-state index contributed by atoms with van der Waals surface area (Å²) in [4.78, 5) is 16.2. The lowest BCUT2D eigenvalue weighted by Gasteiger charge is -1.98. The Hall–Kier alpha value is -2.69. The third-order valence-electron chi connectivity index (χ3n) is 3.37. The molecular weight excluding hydrogens is 266 g/mol. The molecular formula is C16H15N3O2. The zero-order chi connectivity index (χ0) is 14.8. The molecule has 1 aliphatic heterocycles. The van der Waals surface area contributed by atoms with Crippen LogP contribution in [0.1, 0.15) is 23.7 Å². The fraction of sp³-hybridized carbons (Fsp3) is 0.188. The lowest BCUT2D eigenvalue weighted by Crippen LogP contribution is -2.05. The van der Waals surface area contributed by atoms with Crippen molar-refractivity contribution >= 4 is 17.9 Å². The van der Waals surface area contributed by atoms with E-state index in [0.717, 1.165) is 23.4 Å². The van der Waals surface area contributed by atoms with Gasteiger partial charge in [0.25, 0.3) is 0 Å². The summed E-state index contributed by atoms with van der Waals surface area (Å²) in [7, 11) is 0. The van der Waals surface area contributed by atoms with Crippen LogP contribution in [0.2, 0.25) is 0 Å². The van der Waals surface area contributed by atoms with Crippen LogP contribution in [-0.4, -0.2) is 21.6 Å². The standard InChI is InChI=1S/C16H15N3O2/c1-3-19-11(2)13(10-17-19)9-14-16(20)21-15(18-14)12-7-5-4-6-8-12/h4-10H,3H2,1-2H3/b14-9+. The first-order valence-electron chi connectivity index (χ1n) is 6.79. The number of rotatable bonds is 3. The van der Waals surface area contributed by atoms with Crippen LogP contribution in [0.4, 0.5) is 0 Å². The monoisotopic (exact) mass is 281 g/mol. The minimum atomic E-state index is -0.433. The predicted molar refractivity (Wildman–Crippen MR) is 79.7 cm³/mol. The Balaban J connectivity index is 1.95. The van der Waals surface area contributed by atoms with Gasteiger partial charge in [-0.3, -0.25) is 4.68 Å². The second kappa shape index (κ2) is 5.36. The molecule has 1 aromatic heterocycles. The van der Waals surface area contributed by atoms with Gasteiger partial charge in [-0.25, -0.2) is 9.79 Å². The van der Waals surface area contributed by atoms with Crippen LogP contribution >= 0.6 is 0 Å². The number of hydrogen-bond donors (Lipinski definition) is 0. The summed E-state index contributed by atoms with van der Waals surface area (Å²) in [5.74, 6) is -0.0927. The SMILES string of the molecule is CCn1ncc(/C=C2/N=C(c3ccccc3)OC2=O)c1C. The van der Waals surface area contributed by atoms with Gasteiger partial charge in [0.1, 0.15) is 0 Å². The second-order valence-electron chi connectivity index (χ2n) is 4.70. The normalized spacial score (nSPS) is 16.2. The number of carbonyl (C=O) groups is 1. The van der Waals surface area contributed by atoms with E-state index in [2.05, 4.69) is 10.1 Å². The molecule has 2 aromatic rings. The van der Waals surface area contributed by atoms with Crippen LogP contribution < -0.4 is 0 Å². The van der Waals surface area contributed by atoms with E-state index in [-0.39, 0.29) is 0 Å². The van der Waals surface area contributed by atoms with Crippen molar-refractivity contribution in [2.45, 2.75) is 20.4 Å². The van der Waals surface area contributed by atoms with Gasteiger partial charge in [0.2, 0.25) is 5.90 Å². The highest BCUT2D eigenvalue weighted by atomic mass is 16.6. The van der Waals surface area contributed by atoms with Gasteiger partial charge in [-0.1, -0.05) is 18.2 Å². The van der Waals surface area contributed by atoms with E-state index in [1.807, 2.05) is 48.9 Å². The van der Waals surface area contributed by atoms with Crippen molar-refractivity contribution in [3.05, 3.63) is 59.0 Å².